The number of β-amino-alcohol motifs (C(OH)–C–C–N with tert-alkyl or cyclic N) is 1. The van der Waals surface area contributed by atoms with Gasteiger partial charge in [0.1, 0.15) is 13.2 Å². The number of nitrogens with zero attached hydrogens (tertiary/aromatic N) is 2. The fraction of sp³-hybridized carbons (Fsp3) is 0.500. The van der Waals surface area contributed by atoms with Crippen LogP contribution in [0.25, 0.3) is 0 Å². The first-order chi connectivity index (χ1) is 11.5. The van der Waals surface area contributed by atoms with E-state index in [9.17, 15) is 14.7 Å². The van der Waals surface area contributed by atoms with Crippen LogP contribution in [0.1, 0.15) is 10.4 Å². The second-order valence-corrected chi connectivity index (χ2v) is 6.01. The molecule has 24 heavy (non-hydrogen) atoms. The Balaban J connectivity index is 1.71. The second kappa shape index (κ2) is 6.66. The lowest BCUT2D eigenvalue weighted by molar-refractivity contribution is -0.138. The third kappa shape index (κ3) is 3.29. The number of carbonyl (C=O) groups is 2. The quantitative estimate of drug-likeness (QED) is 0.776. The lowest BCUT2D eigenvalue weighted by atomic mass is 10.1. The number of rotatable bonds is 4. The number of aliphatic carboxylic acids is 1. The van der Waals surface area contributed by atoms with Gasteiger partial charge in [-0.25, -0.2) is 0 Å². The Labute approximate surface area is 139 Å². The van der Waals surface area contributed by atoms with E-state index in [1.807, 2.05) is 0 Å². The van der Waals surface area contributed by atoms with Gasteiger partial charge in [0.15, 0.2) is 11.5 Å². The molecule has 1 unspecified atom stereocenters. The maximum absolute atomic E-state index is 12.7. The molecule has 1 saturated heterocycles. The Kier molecular flexibility index (Phi) is 4.59. The predicted molar refractivity (Wildman–Crippen MR) is 83.4 cm³/mol. The number of carboxylic acids is 1. The first kappa shape index (κ1) is 16.5. The van der Waals surface area contributed by atoms with Crippen LogP contribution in [0.3, 0.4) is 0 Å². The molecular weight excluding hydrogens is 316 g/mol. The third-order valence-electron chi connectivity index (χ3n) is 4.29. The number of aliphatic hydroxyl groups excluding tert-OH is 1. The normalized spacial score (nSPS) is 22.7. The fourth-order valence-electron chi connectivity index (χ4n) is 3.06. The van der Waals surface area contributed by atoms with Crippen LogP contribution in [0.5, 0.6) is 11.5 Å². The van der Waals surface area contributed by atoms with Crippen LogP contribution in [0.15, 0.2) is 18.2 Å². The Bertz CT molecular complexity index is 649. The largest absolute Gasteiger partial charge is 0.486 e. The summed E-state index contributed by atoms with van der Waals surface area (Å²) in [6.07, 6.45) is -0.782. The van der Waals surface area contributed by atoms with Crippen molar-refractivity contribution in [3.05, 3.63) is 23.8 Å². The lowest BCUT2D eigenvalue weighted by Gasteiger charge is -2.24. The van der Waals surface area contributed by atoms with Gasteiger partial charge in [0.05, 0.1) is 18.7 Å². The van der Waals surface area contributed by atoms with Crippen molar-refractivity contribution in [3.63, 3.8) is 0 Å². The van der Waals surface area contributed by atoms with E-state index in [0.717, 1.165) is 0 Å². The molecule has 1 fully saturated rings. The van der Waals surface area contributed by atoms with Crippen LogP contribution < -0.4 is 9.47 Å². The molecule has 0 aromatic heterocycles. The summed E-state index contributed by atoms with van der Waals surface area (Å²) in [5.41, 5.74) is 0.452. The van der Waals surface area contributed by atoms with Crippen molar-refractivity contribution in [2.45, 2.75) is 12.1 Å². The van der Waals surface area contributed by atoms with Gasteiger partial charge in [0.25, 0.3) is 5.91 Å². The van der Waals surface area contributed by atoms with Crippen molar-refractivity contribution in [3.8, 4) is 11.5 Å². The molecule has 1 amide bonds. The van der Waals surface area contributed by atoms with Crippen molar-refractivity contribution in [1.82, 2.24) is 9.80 Å². The lowest BCUT2D eigenvalue weighted by Crippen LogP contribution is -2.43. The van der Waals surface area contributed by atoms with Gasteiger partial charge in [-0.3, -0.25) is 14.5 Å². The number of likely N-dealkylation sites (N-methyl/N-ethyl adjacent to an activating group) is 1. The highest BCUT2D eigenvalue weighted by atomic mass is 16.6. The highest BCUT2D eigenvalue weighted by molar-refractivity contribution is 5.95. The van der Waals surface area contributed by atoms with Gasteiger partial charge in [-0.2, -0.15) is 0 Å². The molecule has 0 saturated carbocycles. The molecule has 130 valence electrons. The highest BCUT2D eigenvalue weighted by Gasteiger charge is 2.37. The van der Waals surface area contributed by atoms with Gasteiger partial charge in [-0.1, -0.05) is 0 Å². The van der Waals surface area contributed by atoms with Gasteiger partial charge in [0, 0.05) is 18.7 Å². The zero-order valence-corrected chi connectivity index (χ0v) is 13.3. The minimum absolute atomic E-state index is 0.169. The topological polar surface area (TPSA) is 99.5 Å². The molecule has 0 bridgehead atoms. The minimum Gasteiger partial charge on any atom is -0.486 e. The summed E-state index contributed by atoms with van der Waals surface area (Å²) in [5.74, 6) is -0.0525. The van der Waals surface area contributed by atoms with Crippen LogP contribution >= 0.6 is 0 Å². The summed E-state index contributed by atoms with van der Waals surface area (Å²) in [7, 11) is 1.63. The molecule has 2 atom stereocenters. The molecule has 0 aliphatic carbocycles. The molecule has 2 heterocycles. The number of aliphatic hydroxyl groups is 1. The first-order valence-corrected chi connectivity index (χ1v) is 7.74. The average Bonchev–Trinajstić information content (AvgIpc) is 2.95. The van der Waals surface area contributed by atoms with Crippen LogP contribution in [-0.4, -0.2) is 83.9 Å². The van der Waals surface area contributed by atoms with E-state index < -0.39 is 18.1 Å². The Morgan fingerprint density at radius 2 is 1.96 bits per heavy atom. The maximum Gasteiger partial charge on any atom is 0.317 e. The summed E-state index contributed by atoms with van der Waals surface area (Å²) in [5, 5.41) is 19.0. The average molecular weight is 336 g/mol. The number of ether oxygens (including phenoxy) is 2. The van der Waals surface area contributed by atoms with Gasteiger partial charge in [0.2, 0.25) is 0 Å². The Morgan fingerprint density at radius 1 is 1.25 bits per heavy atom. The monoisotopic (exact) mass is 336 g/mol. The molecule has 0 radical (unpaired) electrons. The zero-order valence-electron chi connectivity index (χ0n) is 13.3. The number of likely N-dealkylation sites (tertiary alicyclic amines) is 1. The summed E-state index contributed by atoms with van der Waals surface area (Å²) >= 11 is 0. The number of amides is 1. The van der Waals surface area contributed by atoms with E-state index in [1.54, 1.807) is 30.1 Å². The van der Waals surface area contributed by atoms with Gasteiger partial charge >= 0.3 is 5.97 Å². The number of hydrogen-bond acceptors (Lipinski definition) is 6. The van der Waals surface area contributed by atoms with Gasteiger partial charge < -0.3 is 24.6 Å². The van der Waals surface area contributed by atoms with Crippen molar-refractivity contribution in [2.75, 3.05) is 39.9 Å². The highest BCUT2D eigenvalue weighted by Crippen LogP contribution is 2.31. The molecule has 1 aromatic carbocycles. The van der Waals surface area contributed by atoms with E-state index >= 15 is 0 Å². The van der Waals surface area contributed by atoms with Crippen LogP contribution in [-0.2, 0) is 4.79 Å². The minimum atomic E-state index is -0.971. The first-order valence-electron chi connectivity index (χ1n) is 7.74. The van der Waals surface area contributed by atoms with E-state index in [-0.39, 0.29) is 25.5 Å². The van der Waals surface area contributed by atoms with Crippen LogP contribution in [0.4, 0.5) is 0 Å². The van der Waals surface area contributed by atoms with E-state index in [1.165, 1.54) is 4.90 Å². The molecule has 0 spiro atoms. The Morgan fingerprint density at radius 3 is 2.67 bits per heavy atom. The summed E-state index contributed by atoms with van der Waals surface area (Å²) in [6, 6.07) is 4.60. The van der Waals surface area contributed by atoms with Gasteiger partial charge in [-0.15, -0.1) is 0 Å². The maximum atomic E-state index is 12.7. The molecular formula is C16H20N2O6. The molecule has 3 rings (SSSR count). The summed E-state index contributed by atoms with van der Waals surface area (Å²) in [4.78, 5) is 26.5. The standard InChI is InChI=1S/C16H20N2O6/c1-17(9-15(20)21)11-7-18(8-12(11)19)16(22)10-2-3-13-14(6-10)24-5-4-23-13/h2-3,6,11-12,19H,4-5,7-9H2,1H3,(H,20,21)/t11?,12-/m1/s1. The van der Waals surface area contributed by atoms with Crippen molar-refractivity contribution in [1.29, 1.82) is 0 Å². The number of fused-ring (bicyclic) bond motifs is 1. The predicted octanol–water partition coefficient (Wildman–Crippen LogP) is -0.340. The number of hydrogen-bond donors (Lipinski definition) is 2. The van der Waals surface area contributed by atoms with Crippen LogP contribution in [0.2, 0.25) is 0 Å². The molecule has 2 aliphatic heterocycles. The number of benzene rings is 1. The SMILES string of the molecule is CN(CC(=O)O)C1CN(C(=O)c2ccc3c(c2)OCCO3)C[C@H]1O. The van der Waals surface area contributed by atoms with Crippen molar-refractivity contribution in [2.24, 2.45) is 0 Å². The molecule has 1 aromatic rings. The molecule has 2 N–H and O–H groups in total. The van der Waals surface area contributed by atoms with Crippen molar-refractivity contribution >= 4 is 11.9 Å². The second-order valence-electron chi connectivity index (χ2n) is 6.01. The third-order valence-corrected chi connectivity index (χ3v) is 4.29. The van der Waals surface area contributed by atoms with Gasteiger partial charge in [-0.05, 0) is 25.2 Å². The smallest absolute Gasteiger partial charge is 0.317 e. The van der Waals surface area contributed by atoms with E-state index in [4.69, 9.17) is 14.6 Å². The molecule has 8 nitrogen and oxygen atoms in total. The summed E-state index contributed by atoms with van der Waals surface area (Å²) in [6.45, 7) is 1.18. The summed E-state index contributed by atoms with van der Waals surface area (Å²) < 4.78 is 10.9. The Hall–Kier alpha value is -2.32. The molecule has 8 heteroatoms. The number of carboxylic acid groups (broad SMARTS) is 1. The van der Waals surface area contributed by atoms with E-state index in [0.29, 0.717) is 30.3 Å². The van der Waals surface area contributed by atoms with E-state index in [2.05, 4.69) is 0 Å². The van der Waals surface area contributed by atoms with Crippen molar-refractivity contribution < 1.29 is 29.3 Å². The fourth-order valence-corrected chi connectivity index (χ4v) is 3.06. The van der Waals surface area contributed by atoms with Crippen LogP contribution in [0, 0.1) is 0 Å². The molecule has 2 aliphatic rings. The zero-order chi connectivity index (χ0) is 17.3. The number of carbonyl (C=O) groups excluding carboxylic acids is 1.